The van der Waals surface area contributed by atoms with Crippen LogP contribution in [0.1, 0.15) is 5.56 Å². The van der Waals surface area contributed by atoms with Crippen molar-refractivity contribution in [3.8, 4) is 0 Å². The molecule has 1 aromatic carbocycles. The molecule has 3 aromatic rings. The van der Waals surface area contributed by atoms with Gasteiger partial charge in [0.05, 0.1) is 12.5 Å². The maximum absolute atomic E-state index is 12.8. The zero-order valence-electron chi connectivity index (χ0n) is 11.0. The fourth-order valence-corrected chi connectivity index (χ4v) is 2.01. The summed E-state index contributed by atoms with van der Waals surface area (Å²) in [5, 5.41) is 5.84. The minimum absolute atomic E-state index is 0.283. The highest BCUT2D eigenvalue weighted by molar-refractivity contribution is 7.71. The third-order valence-corrected chi connectivity index (χ3v) is 3.04. The lowest BCUT2D eigenvalue weighted by Gasteiger charge is -2.11. The Morgan fingerprint density at radius 2 is 2.10 bits per heavy atom. The molecule has 0 saturated heterocycles. The Balaban J connectivity index is 1.93. The molecule has 0 saturated carbocycles. The second kappa shape index (κ2) is 5.41. The Bertz CT molecular complexity index is 851. The molecule has 2 N–H and O–H groups in total. The highest BCUT2D eigenvalue weighted by Gasteiger charge is 2.09. The van der Waals surface area contributed by atoms with E-state index >= 15 is 0 Å². The van der Waals surface area contributed by atoms with E-state index in [1.165, 1.54) is 12.1 Å². The Hall–Kier alpha value is -2.61. The monoisotopic (exact) mass is 302 g/mol. The number of halogens is 1. The van der Waals surface area contributed by atoms with Gasteiger partial charge in [-0.2, -0.15) is 10.1 Å². The highest BCUT2D eigenvalue weighted by atomic mass is 32.1. The maximum atomic E-state index is 12.8. The second-order valence-corrected chi connectivity index (χ2v) is 4.70. The number of aromatic nitrogens is 4. The molecule has 0 unspecified atom stereocenters. The fraction of sp³-hybridized carbons (Fsp3) is 0.0769. The quantitative estimate of drug-likeness (QED) is 0.443. The van der Waals surface area contributed by atoms with Gasteiger partial charge in [-0.05, 0) is 29.9 Å². The lowest BCUT2D eigenvalue weighted by Crippen LogP contribution is -2.12. The number of hydrogen-bond donors (Lipinski definition) is 2. The van der Waals surface area contributed by atoms with Crippen molar-refractivity contribution in [3.05, 3.63) is 46.7 Å². The zero-order valence-corrected chi connectivity index (χ0v) is 11.9. The summed E-state index contributed by atoms with van der Waals surface area (Å²) in [5.41, 5.74) is 2.11. The number of imidazole rings is 1. The van der Waals surface area contributed by atoms with Crippen molar-refractivity contribution in [1.29, 1.82) is 0 Å². The lowest BCUT2D eigenvalue weighted by molar-refractivity contribution is 0.628. The van der Waals surface area contributed by atoms with Gasteiger partial charge >= 0.3 is 0 Å². The molecule has 0 spiro atoms. The summed E-state index contributed by atoms with van der Waals surface area (Å²) in [5.74, 6) is 0.253. The van der Waals surface area contributed by atoms with E-state index < -0.39 is 0 Å². The van der Waals surface area contributed by atoms with Gasteiger partial charge in [0.25, 0.3) is 0 Å². The van der Waals surface area contributed by atoms with E-state index in [1.54, 1.807) is 36.7 Å². The minimum Gasteiger partial charge on any atom is -0.331 e. The summed E-state index contributed by atoms with van der Waals surface area (Å²) in [4.78, 5) is 14.3. The summed E-state index contributed by atoms with van der Waals surface area (Å²) in [7, 11) is 1.74. The molecule has 3 rings (SSSR count). The van der Waals surface area contributed by atoms with Gasteiger partial charge in [-0.1, -0.05) is 12.1 Å². The first-order valence-corrected chi connectivity index (χ1v) is 6.51. The minimum atomic E-state index is -0.283. The third-order valence-electron chi connectivity index (χ3n) is 2.85. The smallest absolute Gasteiger partial charge is 0.200 e. The average molecular weight is 302 g/mol. The van der Waals surface area contributed by atoms with E-state index in [4.69, 9.17) is 12.2 Å². The Morgan fingerprint density at radius 3 is 2.86 bits per heavy atom. The Kier molecular flexibility index (Phi) is 3.44. The summed E-state index contributed by atoms with van der Waals surface area (Å²) in [6.45, 7) is 0. The number of hydrogen-bond acceptors (Lipinski definition) is 5. The molecule has 8 heteroatoms. The van der Waals surface area contributed by atoms with Crippen LogP contribution in [0.3, 0.4) is 0 Å². The first kappa shape index (κ1) is 13.4. The molecule has 0 aliphatic rings. The largest absolute Gasteiger partial charge is 0.331 e. The van der Waals surface area contributed by atoms with Crippen LogP contribution in [0.4, 0.5) is 10.2 Å². The molecule has 6 nitrogen and oxygen atoms in total. The van der Waals surface area contributed by atoms with E-state index in [-0.39, 0.29) is 5.82 Å². The highest BCUT2D eigenvalue weighted by Crippen LogP contribution is 2.18. The predicted octanol–water partition coefficient (Wildman–Crippen LogP) is 2.62. The van der Waals surface area contributed by atoms with Gasteiger partial charge in [-0.25, -0.2) is 14.4 Å². The predicted molar refractivity (Wildman–Crippen MR) is 81.5 cm³/mol. The van der Waals surface area contributed by atoms with Crippen LogP contribution in [0.2, 0.25) is 0 Å². The first-order chi connectivity index (χ1) is 10.1. The average Bonchev–Trinajstić information content (AvgIpc) is 2.93. The number of H-pyrrole nitrogens is 2. The van der Waals surface area contributed by atoms with Crippen molar-refractivity contribution >= 4 is 35.4 Å². The Labute approximate surface area is 124 Å². The van der Waals surface area contributed by atoms with Crippen LogP contribution in [0.5, 0.6) is 0 Å². The molecule has 0 bridgehead atoms. The molecule has 0 fully saturated rings. The summed E-state index contributed by atoms with van der Waals surface area (Å²) in [6.07, 6.45) is 3.16. The van der Waals surface area contributed by atoms with E-state index in [9.17, 15) is 4.39 Å². The number of aromatic amines is 2. The van der Waals surface area contributed by atoms with Gasteiger partial charge in [0.1, 0.15) is 17.0 Å². The summed E-state index contributed by atoms with van der Waals surface area (Å²) < 4.78 is 13.2. The van der Waals surface area contributed by atoms with Gasteiger partial charge in [0.2, 0.25) is 4.77 Å². The first-order valence-electron chi connectivity index (χ1n) is 6.10. The summed E-state index contributed by atoms with van der Waals surface area (Å²) >= 11 is 5.07. The molecule has 0 radical (unpaired) electrons. The van der Waals surface area contributed by atoms with Gasteiger partial charge < -0.3 is 9.97 Å². The number of benzene rings is 1. The molecule has 106 valence electrons. The molecule has 0 amide bonds. The molecule has 21 heavy (non-hydrogen) atoms. The Morgan fingerprint density at radius 1 is 1.33 bits per heavy atom. The number of anilines is 1. The number of rotatable bonds is 3. The van der Waals surface area contributed by atoms with Crippen LogP contribution in [0.15, 0.2) is 35.7 Å². The van der Waals surface area contributed by atoms with E-state index in [0.29, 0.717) is 21.8 Å². The normalized spacial score (nSPS) is 11.3. The van der Waals surface area contributed by atoms with E-state index in [1.807, 2.05) is 0 Å². The van der Waals surface area contributed by atoms with Crippen molar-refractivity contribution in [1.82, 2.24) is 19.9 Å². The maximum Gasteiger partial charge on any atom is 0.200 e. The lowest BCUT2D eigenvalue weighted by atomic mass is 10.2. The topological polar surface area (TPSA) is 73.0 Å². The van der Waals surface area contributed by atoms with E-state index in [2.05, 4.69) is 25.0 Å². The molecule has 0 aliphatic heterocycles. The van der Waals surface area contributed by atoms with Crippen molar-refractivity contribution < 1.29 is 4.39 Å². The van der Waals surface area contributed by atoms with Gasteiger partial charge in [0, 0.05) is 7.05 Å². The molecule has 0 aliphatic carbocycles. The number of fused-ring (bicyclic) bond motifs is 1. The zero-order chi connectivity index (χ0) is 14.8. The molecule has 2 heterocycles. The van der Waals surface area contributed by atoms with Gasteiger partial charge in [-0.3, -0.25) is 0 Å². The van der Waals surface area contributed by atoms with Crippen molar-refractivity contribution in [2.45, 2.75) is 0 Å². The standard InChI is InChI=1S/C13H11FN6S/c1-20(17-6-8-2-4-9(14)5-3-8)12-10-11(16-7-15-10)18-13(21)19-12/h2-7H,1H3,(H2,15,16,18,19,21). The summed E-state index contributed by atoms with van der Waals surface area (Å²) in [6, 6.07) is 6.04. The van der Waals surface area contributed by atoms with Crippen LogP contribution >= 0.6 is 12.2 Å². The number of hydrazone groups is 1. The van der Waals surface area contributed by atoms with Crippen LogP contribution in [0, 0.1) is 10.6 Å². The second-order valence-electron chi connectivity index (χ2n) is 4.31. The van der Waals surface area contributed by atoms with Crippen molar-refractivity contribution in [3.63, 3.8) is 0 Å². The van der Waals surface area contributed by atoms with Gasteiger partial charge in [0.15, 0.2) is 5.82 Å². The SMILES string of the molecule is CN(N=Cc1ccc(F)cc1)c1nc(=S)[nH]c2[nH]cnc12. The van der Waals surface area contributed by atoms with Crippen LogP contribution in [-0.4, -0.2) is 33.2 Å². The van der Waals surface area contributed by atoms with Crippen molar-refractivity contribution in [2.24, 2.45) is 5.10 Å². The van der Waals surface area contributed by atoms with Crippen LogP contribution in [0.25, 0.3) is 11.2 Å². The van der Waals surface area contributed by atoms with Crippen LogP contribution in [-0.2, 0) is 0 Å². The number of nitrogens with one attached hydrogen (secondary N) is 2. The molecule has 0 atom stereocenters. The van der Waals surface area contributed by atoms with Crippen LogP contribution < -0.4 is 5.01 Å². The molecular weight excluding hydrogens is 291 g/mol. The molecule has 2 aromatic heterocycles. The van der Waals surface area contributed by atoms with Gasteiger partial charge in [-0.15, -0.1) is 0 Å². The molecular formula is C13H11FN6S. The fourth-order valence-electron chi connectivity index (χ4n) is 1.83. The van der Waals surface area contributed by atoms with E-state index in [0.717, 1.165) is 5.56 Å². The number of nitrogens with zero attached hydrogens (tertiary/aromatic N) is 4. The third kappa shape index (κ3) is 2.79. The van der Waals surface area contributed by atoms with Crippen molar-refractivity contribution in [2.75, 3.05) is 12.1 Å².